The molecule has 0 radical (unpaired) electrons. The normalized spacial score (nSPS) is 37.5. The average molecular weight is 607 g/mol. The van der Waals surface area contributed by atoms with Gasteiger partial charge in [0.05, 0.1) is 13.2 Å². The molecular weight excluding hydrogens is 564 g/mol. The Morgan fingerprint density at radius 2 is 0.977 bits per heavy atom. The van der Waals surface area contributed by atoms with Crippen molar-refractivity contribution in [3.63, 3.8) is 0 Å². The van der Waals surface area contributed by atoms with Crippen LogP contribution in [0.5, 0.6) is 0 Å². The molecule has 0 aliphatic carbocycles. The van der Waals surface area contributed by atoms with Gasteiger partial charge in [-0.2, -0.15) is 0 Å². The van der Waals surface area contributed by atoms with Gasteiger partial charge < -0.3 is 29.2 Å². The zero-order valence-corrected chi connectivity index (χ0v) is 25.2. The Balaban J connectivity index is 0.000000142. The second-order valence-corrected chi connectivity index (χ2v) is 13.1. The molecule has 2 N–H and O–H groups in total. The molecule has 0 unspecified atom stereocenters. The number of piperidine rings is 2. The summed E-state index contributed by atoms with van der Waals surface area (Å²) >= 11 is 0. The zero-order valence-electron chi connectivity index (χ0n) is 25.2. The molecule has 2 aromatic carbocycles. The summed E-state index contributed by atoms with van der Waals surface area (Å²) in [5.41, 5.74) is 1.61. The summed E-state index contributed by atoms with van der Waals surface area (Å²) in [7, 11) is 4.26. The summed E-state index contributed by atoms with van der Waals surface area (Å²) < 4.78 is 22.8. The number of ether oxygens (including phenoxy) is 4. The Hall–Kier alpha value is -2.86. The summed E-state index contributed by atoms with van der Waals surface area (Å²) in [6.45, 7) is -0.451. The lowest BCUT2D eigenvalue weighted by molar-refractivity contribution is -0.157. The van der Waals surface area contributed by atoms with Gasteiger partial charge in [0.25, 0.3) is 0 Å². The number of nitrogens with zero attached hydrogens (tertiary/aromatic N) is 2. The minimum absolute atomic E-state index is 0.0622. The number of carbonyl (C=O) groups excluding carboxylic acids is 2. The van der Waals surface area contributed by atoms with Crippen molar-refractivity contribution in [3.8, 4) is 0 Å². The van der Waals surface area contributed by atoms with Gasteiger partial charge in [-0.15, -0.1) is 0 Å². The molecule has 10 nitrogen and oxygen atoms in total. The van der Waals surface area contributed by atoms with E-state index >= 15 is 0 Å². The van der Waals surface area contributed by atoms with E-state index in [0.717, 1.165) is 36.8 Å². The molecule has 6 fully saturated rings. The highest BCUT2D eigenvalue weighted by molar-refractivity contribution is 5.79. The first-order valence-electron chi connectivity index (χ1n) is 15.8. The summed E-state index contributed by atoms with van der Waals surface area (Å²) in [6, 6.07) is 20.1. The SMILES string of the molecule is CN1[C@@H]2C[C@@H](OC(=O)[C@H](CO)c3ccccc3)C[C@H]1[C@@H]1O[C@@H]12.CN1[C@@H]2C[C@@H](OC(=O)[C@H](CO)c3ccccc3)C[C@H]1[C@@H]1O[C@@H]12. The van der Waals surface area contributed by atoms with Gasteiger partial charge in [0.1, 0.15) is 48.5 Å². The highest BCUT2D eigenvalue weighted by atomic mass is 16.6. The summed E-state index contributed by atoms with van der Waals surface area (Å²) in [5.74, 6) is -1.83. The van der Waals surface area contributed by atoms with Gasteiger partial charge in [0.2, 0.25) is 0 Å². The Bertz CT molecular complexity index is 1190. The fourth-order valence-electron chi connectivity index (χ4n) is 8.09. The number of epoxide rings is 2. The van der Waals surface area contributed by atoms with E-state index in [-0.39, 0.29) is 37.4 Å². The second kappa shape index (κ2) is 12.2. The molecule has 0 amide bonds. The number of aliphatic hydroxyl groups is 2. The van der Waals surface area contributed by atoms with E-state index in [9.17, 15) is 19.8 Å². The Labute approximate surface area is 257 Å². The largest absolute Gasteiger partial charge is 0.462 e. The molecule has 6 saturated heterocycles. The van der Waals surface area contributed by atoms with Crippen molar-refractivity contribution >= 4 is 11.9 Å². The van der Waals surface area contributed by atoms with Crippen LogP contribution in [0, 0.1) is 0 Å². The molecule has 4 bridgehead atoms. The van der Waals surface area contributed by atoms with Crippen molar-refractivity contribution < 1.29 is 38.7 Å². The Morgan fingerprint density at radius 1 is 0.659 bits per heavy atom. The summed E-state index contributed by atoms with van der Waals surface area (Å²) in [5, 5.41) is 19.1. The molecule has 6 heterocycles. The van der Waals surface area contributed by atoms with Gasteiger partial charge in [-0.25, -0.2) is 0 Å². The van der Waals surface area contributed by atoms with Crippen LogP contribution in [-0.4, -0.2) is 120 Å². The predicted octanol–water partition coefficient (Wildman–Crippen LogP) is 1.84. The van der Waals surface area contributed by atoms with E-state index in [0.29, 0.717) is 48.6 Å². The van der Waals surface area contributed by atoms with Crippen LogP contribution in [0.4, 0.5) is 0 Å². The quantitative estimate of drug-likeness (QED) is 0.340. The van der Waals surface area contributed by atoms with Crippen LogP contribution in [0.2, 0.25) is 0 Å². The van der Waals surface area contributed by atoms with Crippen LogP contribution in [0.15, 0.2) is 60.7 Å². The maximum atomic E-state index is 12.4. The maximum absolute atomic E-state index is 12.4. The van der Waals surface area contributed by atoms with Gasteiger partial charge in [-0.3, -0.25) is 19.4 Å². The molecule has 10 heteroatoms. The molecule has 44 heavy (non-hydrogen) atoms. The Morgan fingerprint density at radius 3 is 1.27 bits per heavy atom. The molecular formula is C34H42N2O8. The zero-order chi connectivity index (χ0) is 30.5. The van der Waals surface area contributed by atoms with Gasteiger partial charge in [0.15, 0.2) is 0 Å². The van der Waals surface area contributed by atoms with Crippen molar-refractivity contribution in [2.45, 2.75) is 98.3 Å². The predicted molar refractivity (Wildman–Crippen MR) is 159 cm³/mol. The van der Waals surface area contributed by atoms with Gasteiger partial charge in [-0.05, 0) is 25.2 Å². The first kappa shape index (κ1) is 29.8. The summed E-state index contributed by atoms with van der Waals surface area (Å²) in [4.78, 5) is 29.6. The summed E-state index contributed by atoms with van der Waals surface area (Å²) in [6.07, 6.45) is 4.52. The highest BCUT2D eigenvalue weighted by Crippen LogP contribution is 2.49. The molecule has 0 spiro atoms. The number of fused-ring (bicyclic) bond motifs is 10. The van der Waals surface area contributed by atoms with Crippen molar-refractivity contribution in [2.75, 3.05) is 27.3 Å². The maximum Gasteiger partial charge on any atom is 0.316 e. The van der Waals surface area contributed by atoms with E-state index in [2.05, 4.69) is 23.9 Å². The lowest BCUT2D eigenvalue weighted by atomic mass is 9.97. The van der Waals surface area contributed by atoms with Crippen LogP contribution in [0.3, 0.4) is 0 Å². The van der Waals surface area contributed by atoms with Crippen LogP contribution >= 0.6 is 0 Å². The van der Waals surface area contributed by atoms with E-state index in [1.165, 1.54) is 0 Å². The fraction of sp³-hybridized carbons (Fsp3) is 0.588. The molecule has 12 atom stereocenters. The van der Waals surface area contributed by atoms with Crippen molar-refractivity contribution in [1.29, 1.82) is 0 Å². The third kappa shape index (κ3) is 5.57. The van der Waals surface area contributed by atoms with Crippen LogP contribution in [-0.2, 0) is 28.5 Å². The number of likely N-dealkylation sites (N-methyl/N-ethyl adjacent to an activating group) is 2. The monoisotopic (exact) mass is 606 g/mol. The fourth-order valence-corrected chi connectivity index (χ4v) is 8.09. The van der Waals surface area contributed by atoms with Crippen LogP contribution in [0.25, 0.3) is 0 Å². The average Bonchev–Trinajstić information content (AvgIpc) is 3.94. The number of benzene rings is 2. The third-order valence-electron chi connectivity index (χ3n) is 10.7. The number of esters is 2. The van der Waals surface area contributed by atoms with E-state index in [1.807, 2.05) is 60.7 Å². The molecule has 8 rings (SSSR count). The Kier molecular flexibility index (Phi) is 8.24. The van der Waals surface area contributed by atoms with E-state index in [1.54, 1.807) is 0 Å². The second-order valence-electron chi connectivity index (χ2n) is 13.1. The minimum Gasteiger partial charge on any atom is -0.462 e. The number of hydrogen-bond acceptors (Lipinski definition) is 10. The highest BCUT2D eigenvalue weighted by Gasteiger charge is 2.64. The van der Waals surface area contributed by atoms with Crippen LogP contribution in [0.1, 0.15) is 48.6 Å². The topological polar surface area (TPSA) is 125 Å². The third-order valence-corrected chi connectivity index (χ3v) is 10.7. The van der Waals surface area contributed by atoms with Crippen molar-refractivity contribution in [2.24, 2.45) is 0 Å². The molecule has 0 saturated carbocycles. The smallest absolute Gasteiger partial charge is 0.316 e. The molecule has 0 aromatic heterocycles. The van der Waals surface area contributed by atoms with Gasteiger partial charge >= 0.3 is 11.9 Å². The van der Waals surface area contributed by atoms with Crippen molar-refractivity contribution in [3.05, 3.63) is 71.8 Å². The molecule has 236 valence electrons. The van der Waals surface area contributed by atoms with Crippen molar-refractivity contribution in [1.82, 2.24) is 9.80 Å². The lowest BCUT2D eigenvalue weighted by Gasteiger charge is -2.38. The van der Waals surface area contributed by atoms with Crippen LogP contribution < -0.4 is 0 Å². The van der Waals surface area contributed by atoms with E-state index < -0.39 is 11.8 Å². The van der Waals surface area contributed by atoms with E-state index in [4.69, 9.17) is 18.9 Å². The standard InChI is InChI=1S/2C17H21NO4/c2*1-18-13-7-11(8-14(18)16-15(13)22-16)21-17(20)12(9-19)10-5-3-2-4-6-10/h2*2-6,11-16,19H,7-9H2,1H3/t2*11-,12-,13-,14+,15-,16+/m11/s1. The lowest BCUT2D eigenvalue weighted by Crippen LogP contribution is -2.48. The number of hydrogen-bond donors (Lipinski definition) is 2. The number of rotatable bonds is 8. The molecule has 6 aliphatic rings. The first-order chi connectivity index (χ1) is 21.4. The first-order valence-corrected chi connectivity index (χ1v) is 15.8. The molecule has 6 aliphatic heterocycles. The number of morpholine rings is 2. The minimum atomic E-state index is -0.593. The van der Waals surface area contributed by atoms with Gasteiger partial charge in [0, 0.05) is 49.9 Å². The van der Waals surface area contributed by atoms with Gasteiger partial charge in [-0.1, -0.05) is 60.7 Å². The molecule has 2 aromatic rings. The number of carbonyl (C=O) groups is 2. The number of aliphatic hydroxyl groups excluding tert-OH is 2.